The predicted molar refractivity (Wildman–Crippen MR) is 134 cm³/mol. The van der Waals surface area contributed by atoms with E-state index in [9.17, 15) is 39.3 Å². The molecular weight excluding hydrogens is 519 g/mol. The minimum Gasteiger partial charge on any atom is -0.504 e. The van der Waals surface area contributed by atoms with Gasteiger partial charge >= 0.3 is 5.97 Å². The number of β-lactam (4-membered cyclic amide) rings is 1. The number of hydrogen-bond donors (Lipinski definition) is 5. The molecule has 1 aromatic carbocycles. The van der Waals surface area contributed by atoms with Gasteiger partial charge in [-0.2, -0.15) is 0 Å². The van der Waals surface area contributed by atoms with E-state index in [1.165, 1.54) is 4.90 Å². The molecule has 2 atom stereocenters. The Bertz CT molecular complexity index is 1230. The van der Waals surface area contributed by atoms with E-state index < -0.39 is 34.9 Å². The molecule has 5 aliphatic heterocycles. The highest BCUT2D eigenvalue weighted by Crippen LogP contribution is 2.48. The van der Waals surface area contributed by atoms with E-state index in [1.54, 1.807) is 11.8 Å². The van der Waals surface area contributed by atoms with E-state index >= 15 is 0 Å². The topological polar surface area (TPSA) is 160 Å². The zero-order valence-corrected chi connectivity index (χ0v) is 21.6. The van der Waals surface area contributed by atoms with Gasteiger partial charge in [0.05, 0.1) is 31.4 Å². The SMILES string of the molecule is CC1SC2CC(=O)N2C(C(=O)O)=C1C[N+]12CCC(CNC(=O)C(=NO)c3cc(O)c(O)c(F)c3)(CC1)CC2. The number of carbonyl (C=O) groups excluding carboxylic acids is 2. The van der Waals surface area contributed by atoms with Crippen LogP contribution >= 0.6 is 11.8 Å². The number of hydrogen-bond acceptors (Lipinski definition) is 8. The van der Waals surface area contributed by atoms with Gasteiger partial charge in [-0.25, -0.2) is 9.18 Å². The van der Waals surface area contributed by atoms with E-state index in [0.717, 1.165) is 61.1 Å². The zero-order valence-electron chi connectivity index (χ0n) is 20.8. The van der Waals surface area contributed by atoms with Crippen molar-refractivity contribution >= 4 is 35.3 Å². The molecule has 5 aliphatic rings. The number of benzene rings is 1. The first kappa shape index (κ1) is 26.3. The van der Waals surface area contributed by atoms with E-state index in [-0.39, 0.29) is 33.2 Å². The lowest BCUT2D eigenvalue weighted by atomic mass is 9.70. The van der Waals surface area contributed by atoms with E-state index in [2.05, 4.69) is 10.5 Å². The van der Waals surface area contributed by atoms with Crippen molar-refractivity contribution in [3.05, 3.63) is 34.8 Å². The molecule has 0 aliphatic carbocycles. The molecule has 4 fully saturated rings. The monoisotopic (exact) mass is 549 g/mol. The number of carboxylic acid groups (broad SMARTS) is 1. The molecule has 2 unspecified atom stereocenters. The number of phenolic OH excluding ortho intramolecular Hbond substituents is 2. The highest BCUT2D eigenvalue weighted by Gasteiger charge is 2.53. The van der Waals surface area contributed by atoms with Gasteiger partial charge in [0.1, 0.15) is 12.2 Å². The summed E-state index contributed by atoms with van der Waals surface area (Å²) in [7, 11) is 0. The average molecular weight is 550 g/mol. The number of oxime groups is 1. The summed E-state index contributed by atoms with van der Waals surface area (Å²) in [6, 6.07) is 1.74. The van der Waals surface area contributed by atoms with Crippen LogP contribution in [0.2, 0.25) is 0 Å². The van der Waals surface area contributed by atoms with Crippen LogP contribution in [0.15, 0.2) is 28.6 Å². The molecule has 0 saturated carbocycles. The molecule has 2 amide bonds. The van der Waals surface area contributed by atoms with Gasteiger partial charge in [-0.1, -0.05) is 5.16 Å². The Kier molecular flexibility index (Phi) is 6.54. The molecule has 6 rings (SSSR count). The number of nitrogens with one attached hydrogen (secondary N) is 1. The van der Waals surface area contributed by atoms with Gasteiger partial charge < -0.3 is 30.3 Å². The number of nitrogens with zero attached hydrogens (tertiary/aromatic N) is 3. The molecule has 38 heavy (non-hydrogen) atoms. The summed E-state index contributed by atoms with van der Waals surface area (Å²) in [4.78, 5) is 38.5. The molecule has 4 saturated heterocycles. The number of phenols is 2. The van der Waals surface area contributed by atoms with Crippen molar-refractivity contribution < 1.29 is 43.8 Å². The van der Waals surface area contributed by atoms with Crippen LogP contribution in [0.1, 0.15) is 38.2 Å². The van der Waals surface area contributed by atoms with Crippen molar-refractivity contribution in [2.24, 2.45) is 10.6 Å². The number of quaternary nitrogens is 1. The lowest BCUT2D eigenvalue weighted by Crippen LogP contribution is -2.65. The van der Waals surface area contributed by atoms with Crippen molar-refractivity contribution in [1.29, 1.82) is 0 Å². The van der Waals surface area contributed by atoms with Crippen LogP contribution in [0.5, 0.6) is 11.5 Å². The van der Waals surface area contributed by atoms with Gasteiger partial charge in [-0.05, 0) is 19.1 Å². The van der Waals surface area contributed by atoms with E-state index in [1.807, 2.05) is 6.92 Å². The molecule has 0 radical (unpaired) electrons. The van der Waals surface area contributed by atoms with Gasteiger partial charge in [0.25, 0.3) is 5.91 Å². The van der Waals surface area contributed by atoms with Crippen molar-refractivity contribution in [1.82, 2.24) is 10.2 Å². The number of amides is 2. The molecule has 11 nitrogen and oxygen atoms in total. The van der Waals surface area contributed by atoms with Gasteiger partial charge in [-0.15, -0.1) is 11.8 Å². The number of piperidine rings is 3. The summed E-state index contributed by atoms with van der Waals surface area (Å²) in [5.41, 5.74) is 0.120. The van der Waals surface area contributed by atoms with Crippen LogP contribution in [0, 0.1) is 11.2 Å². The third-order valence-electron chi connectivity index (χ3n) is 8.62. The maximum atomic E-state index is 13.8. The number of aliphatic carboxylic acids is 1. The van der Waals surface area contributed by atoms with Crippen LogP contribution in [0.3, 0.4) is 0 Å². The zero-order chi connectivity index (χ0) is 27.4. The normalized spacial score (nSPS) is 30.6. The quantitative estimate of drug-likeness (QED) is 0.0856. The maximum absolute atomic E-state index is 13.8. The molecule has 2 bridgehead atoms. The van der Waals surface area contributed by atoms with Crippen molar-refractivity contribution in [3.63, 3.8) is 0 Å². The van der Waals surface area contributed by atoms with Crippen LogP contribution in [0.25, 0.3) is 0 Å². The first-order chi connectivity index (χ1) is 18.0. The molecule has 13 heteroatoms. The van der Waals surface area contributed by atoms with Crippen molar-refractivity contribution in [3.8, 4) is 11.5 Å². The second-order valence-corrected chi connectivity index (χ2v) is 12.3. The maximum Gasteiger partial charge on any atom is 0.352 e. The molecule has 5 N–H and O–H groups in total. The van der Waals surface area contributed by atoms with Crippen LogP contribution in [0.4, 0.5) is 4.39 Å². The first-order valence-corrected chi connectivity index (χ1v) is 13.4. The van der Waals surface area contributed by atoms with Crippen LogP contribution < -0.4 is 5.32 Å². The summed E-state index contributed by atoms with van der Waals surface area (Å²) >= 11 is 1.64. The Balaban J connectivity index is 1.25. The Labute approximate surface area is 222 Å². The Hall–Kier alpha value is -3.32. The number of aromatic hydroxyl groups is 2. The highest BCUT2D eigenvalue weighted by atomic mass is 32.2. The number of rotatable bonds is 7. The molecule has 1 aromatic rings. The Morgan fingerprint density at radius 3 is 2.45 bits per heavy atom. The summed E-state index contributed by atoms with van der Waals surface area (Å²) in [5.74, 6) is -4.82. The van der Waals surface area contributed by atoms with Crippen molar-refractivity contribution in [2.75, 3.05) is 32.7 Å². The fourth-order valence-electron chi connectivity index (χ4n) is 6.18. The van der Waals surface area contributed by atoms with Gasteiger partial charge in [0.2, 0.25) is 5.91 Å². The lowest BCUT2D eigenvalue weighted by molar-refractivity contribution is -0.941. The van der Waals surface area contributed by atoms with Gasteiger partial charge in [0, 0.05) is 47.6 Å². The number of carboxylic acids is 1. The van der Waals surface area contributed by atoms with E-state index in [4.69, 9.17) is 0 Å². The number of thioether (sulfide) groups is 1. The third-order valence-corrected chi connectivity index (χ3v) is 10.0. The molecule has 204 valence electrons. The molecular formula is C25H30FN4O7S+. The van der Waals surface area contributed by atoms with Crippen molar-refractivity contribution in [2.45, 2.75) is 43.2 Å². The summed E-state index contributed by atoms with van der Waals surface area (Å²) in [6.45, 7) is 5.31. The minimum absolute atomic E-state index is 0.0104. The predicted octanol–water partition coefficient (Wildman–Crippen LogP) is 1.56. The molecule has 0 aromatic heterocycles. The van der Waals surface area contributed by atoms with Crippen LogP contribution in [-0.4, -0.2) is 96.8 Å². The Morgan fingerprint density at radius 1 is 1.24 bits per heavy atom. The second-order valence-electron chi connectivity index (χ2n) is 10.8. The van der Waals surface area contributed by atoms with Crippen LogP contribution in [-0.2, 0) is 14.4 Å². The summed E-state index contributed by atoms with van der Waals surface area (Å²) < 4.78 is 14.6. The lowest BCUT2D eigenvalue weighted by Gasteiger charge is -2.56. The first-order valence-electron chi connectivity index (χ1n) is 12.5. The Morgan fingerprint density at radius 2 is 1.89 bits per heavy atom. The number of fused-ring (bicyclic) bond motifs is 4. The fraction of sp³-hybridized carbons (Fsp3) is 0.520. The highest BCUT2D eigenvalue weighted by molar-refractivity contribution is 8.00. The third kappa shape index (κ3) is 4.37. The number of halogens is 1. The largest absolute Gasteiger partial charge is 0.504 e. The summed E-state index contributed by atoms with van der Waals surface area (Å²) in [6.07, 6.45) is 2.78. The second kappa shape index (κ2) is 9.45. The van der Waals surface area contributed by atoms with E-state index in [0.29, 0.717) is 19.5 Å². The average Bonchev–Trinajstić information content (AvgIpc) is 2.88. The minimum atomic E-state index is -1.15. The van der Waals surface area contributed by atoms with Gasteiger partial charge in [0.15, 0.2) is 23.0 Å². The molecule has 0 spiro atoms. The summed E-state index contributed by atoms with van der Waals surface area (Å²) in [5, 5.41) is 44.1. The standard InChI is InChI=1S/C25H29FN4O7S/c1-13-15(21(24(35)36)29-18(32)10-19(29)38-13)11-30-5-2-25(3-6-30,4-7-30)12-27-23(34)20(28-37)14-8-16(26)22(33)17(31)9-14/h8-9,13,19H,2-7,10-12H2,1H3,(H4-,27,28,31,33,34,35,36,37)/p+1. The fourth-order valence-corrected chi connectivity index (χ4v) is 7.58. The van der Waals surface area contributed by atoms with Gasteiger partial charge in [-0.3, -0.25) is 14.5 Å². The molecule has 5 heterocycles. The number of carbonyl (C=O) groups is 3. The smallest absolute Gasteiger partial charge is 0.352 e.